The fraction of sp³-hybridized carbons (Fsp3) is 0.278. The van der Waals surface area contributed by atoms with Crippen molar-refractivity contribution in [1.82, 2.24) is 4.90 Å². The lowest BCUT2D eigenvalue weighted by atomic mass is 10.3. The van der Waals surface area contributed by atoms with E-state index in [0.29, 0.717) is 4.90 Å². The van der Waals surface area contributed by atoms with Crippen LogP contribution in [0.3, 0.4) is 0 Å². The number of hydrogen-bond donors (Lipinski definition) is 1. The lowest BCUT2D eigenvalue weighted by Gasteiger charge is -2.17. The Morgan fingerprint density at radius 1 is 1.08 bits per heavy atom. The van der Waals surface area contributed by atoms with Crippen LogP contribution in [0.5, 0.6) is 0 Å². The summed E-state index contributed by atoms with van der Waals surface area (Å²) in [5.74, 6) is -0.191. The topological polar surface area (TPSA) is 66.5 Å². The summed E-state index contributed by atoms with van der Waals surface area (Å²) < 4.78 is 24.5. The van der Waals surface area contributed by atoms with Gasteiger partial charge in [0.2, 0.25) is 5.91 Å². The summed E-state index contributed by atoms with van der Waals surface area (Å²) in [5, 5.41) is 2.87. The van der Waals surface area contributed by atoms with E-state index in [1.54, 1.807) is 54.0 Å². The molecule has 7 heteroatoms. The van der Waals surface area contributed by atoms with Gasteiger partial charge in [0, 0.05) is 11.4 Å². The molecule has 0 unspecified atom stereocenters. The Kier molecular flexibility index (Phi) is 7.04. The predicted octanol–water partition coefficient (Wildman–Crippen LogP) is 2.75. The molecule has 0 radical (unpaired) electrons. The molecule has 2 rings (SSSR count). The first-order chi connectivity index (χ1) is 11.9. The molecule has 1 amide bonds. The molecule has 0 saturated heterocycles. The van der Waals surface area contributed by atoms with Gasteiger partial charge in [-0.25, -0.2) is 8.42 Å². The zero-order chi connectivity index (χ0) is 18.3. The zero-order valence-electron chi connectivity index (χ0n) is 14.3. The third-order valence-electron chi connectivity index (χ3n) is 3.64. The van der Waals surface area contributed by atoms with Crippen molar-refractivity contribution in [2.24, 2.45) is 0 Å². The van der Waals surface area contributed by atoms with E-state index in [1.807, 2.05) is 30.5 Å². The molecule has 134 valence electrons. The van der Waals surface area contributed by atoms with Gasteiger partial charge in [-0.1, -0.05) is 30.3 Å². The summed E-state index contributed by atoms with van der Waals surface area (Å²) >= 11 is 1.56. The molecule has 0 aliphatic rings. The molecule has 0 heterocycles. The number of hydrogen-bond acceptors (Lipinski definition) is 5. The third kappa shape index (κ3) is 5.88. The van der Waals surface area contributed by atoms with E-state index >= 15 is 0 Å². The molecule has 2 aromatic carbocycles. The molecule has 25 heavy (non-hydrogen) atoms. The molecule has 0 spiro atoms. The highest BCUT2D eigenvalue weighted by Gasteiger charge is 2.16. The molecule has 0 saturated carbocycles. The standard InChI is InChI=1S/C18H22N2O3S2/c1-20(12-13-25(22,23)15-8-4-3-5-9-15)14-18(21)19-16-10-6-7-11-17(16)24-2/h3-11H,12-14H2,1-2H3,(H,19,21). The lowest BCUT2D eigenvalue weighted by molar-refractivity contribution is -0.117. The van der Waals surface area contributed by atoms with Gasteiger partial charge in [0.1, 0.15) is 0 Å². The van der Waals surface area contributed by atoms with Crippen molar-refractivity contribution in [2.45, 2.75) is 9.79 Å². The number of anilines is 1. The van der Waals surface area contributed by atoms with Gasteiger partial charge in [-0.3, -0.25) is 9.69 Å². The van der Waals surface area contributed by atoms with E-state index < -0.39 is 9.84 Å². The van der Waals surface area contributed by atoms with Crippen molar-refractivity contribution in [3.63, 3.8) is 0 Å². The van der Waals surface area contributed by atoms with Crippen LogP contribution in [0.4, 0.5) is 5.69 Å². The van der Waals surface area contributed by atoms with E-state index in [4.69, 9.17) is 0 Å². The Hall–Kier alpha value is -1.83. The van der Waals surface area contributed by atoms with Gasteiger partial charge in [-0.05, 0) is 37.6 Å². The highest BCUT2D eigenvalue weighted by Crippen LogP contribution is 2.24. The number of benzene rings is 2. The van der Waals surface area contributed by atoms with Crippen molar-refractivity contribution in [3.05, 3.63) is 54.6 Å². The van der Waals surface area contributed by atoms with Gasteiger partial charge in [0.15, 0.2) is 9.84 Å². The quantitative estimate of drug-likeness (QED) is 0.716. The molecule has 5 nitrogen and oxygen atoms in total. The first-order valence-electron chi connectivity index (χ1n) is 7.81. The number of carbonyl (C=O) groups is 1. The average Bonchev–Trinajstić information content (AvgIpc) is 2.61. The number of rotatable bonds is 8. The number of carbonyl (C=O) groups excluding carboxylic acids is 1. The maximum absolute atomic E-state index is 12.3. The van der Waals surface area contributed by atoms with Crippen LogP contribution in [0.2, 0.25) is 0 Å². The first-order valence-corrected chi connectivity index (χ1v) is 10.7. The van der Waals surface area contributed by atoms with Crippen LogP contribution < -0.4 is 5.32 Å². The number of thioether (sulfide) groups is 1. The highest BCUT2D eigenvalue weighted by atomic mass is 32.2. The summed E-state index contributed by atoms with van der Waals surface area (Å²) in [4.78, 5) is 15.2. The van der Waals surface area contributed by atoms with Gasteiger partial charge in [-0.2, -0.15) is 0 Å². The van der Waals surface area contributed by atoms with E-state index in [0.717, 1.165) is 10.6 Å². The Labute approximate surface area is 153 Å². The van der Waals surface area contributed by atoms with Crippen molar-refractivity contribution in [1.29, 1.82) is 0 Å². The van der Waals surface area contributed by atoms with Crippen molar-refractivity contribution in [3.8, 4) is 0 Å². The second-order valence-corrected chi connectivity index (χ2v) is 8.58. The van der Waals surface area contributed by atoms with Crippen molar-refractivity contribution < 1.29 is 13.2 Å². The van der Waals surface area contributed by atoms with E-state index in [1.165, 1.54) is 0 Å². The molecule has 0 aliphatic carbocycles. The van der Waals surface area contributed by atoms with E-state index in [-0.39, 0.29) is 24.7 Å². The van der Waals surface area contributed by atoms with Crippen LogP contribution in [0, 0.1) is 0 Å². The molecule has 0 aromatic heterocycles. The molecule has 0 aliphatic heterocycles. The van der Waals surface area contributed by atoms with Crippen LogP contribution in [0.15, 0.2) is 64.4 Å². The molecule has 0 bridgehead atoms. The van der Waals surface area contributed by atoms with Crippen LogP contribution >= 0.6 is 11.8 Å². The summed E-state index contributed by atoms with van der Waals surface area (Å²) in [5.41, 5.74) is 0.769. The second-order valence-electron chi connectivity index (χ2n) is 5.62. The Balaban J connectivity index is 1.87. The zero-order valence-corrected chi connectivity index (χ0v) is 15.9. The third-order valence-corrected chi connectivity index (χ3v) is 6.14. The second kappa shape index (κ2) is 9.03. The number of likely N-dealkylation sites (N-methyl/N-ethyl adjacent to an activating group) is 1. The first kappa shape index (κ1) is 19.5. The van der Waals surface area contributed by atoms with Crippen LogP contribution in [0.1, 0.15) is 0 Å². The molecule has 0 fully saturated rings. The van der Waals surface area contributed by atoms with Gasteiger partial charge < -0.3 is 5.32 Å². The van der Waals surface area contributed by atoms with E-state index in [9.17, 15) is 13.2 Å². The van der Waals surface area contributed by atoms with Crippen LogP contribution in [0.25, 0.3) is 0 Å². The fourth-order valence-corrected chi connectivity index (χ4v) is 4.20. The normalized spacial score (nSPS) is 11.5. The Bertz CT molecular complexity index is 808. The maximum Gasteiger partial charge on any atom is 0.238 e. The minimum Gasteiger partial charge on any atom is -0.324 e. The van der Waals surface area contributed by atoms with Gasteiger partial charge in [0.05, 0.1) is 22.9 Å². The predicted molar refractivity (Wildman–Crippen MR) is 103 cm³/mol. The Morgan fingerprint density at radius 2 is 1.72 bits per heavy atom. The summed E-state index contributed by atoms with van der Waals surface area (Å²) in [6.07, 6.45) is 1.95. The molecule has 2 aromatic rings. The number of nitrogens with one attached hydrogen (secondary N) is 1. The Morgan fingerprint density at radius 3 is 2.40 bits per heavy atom. The van der Waals surface area contributed by atoms with E-state index in [2.05, 4.69) is 5.32 Å². The average molecular weight is 379 g/mol. The molecular weight excluding hydrogens is 356 g/mol. The SMILES string of the molecule is CSc1ccccc1NC(=O)CN(C)CCS(=O)(=O)c1ccccc1. The highest BCUT2D eigenvalue weighted by molar-refractivity contribution is 7.98. The lowest BCUT2D eigenvalue weighted by Crippen LogP contribution is -2.33. The smallest absolute Gasteiger partial charge is 0.238 e. The summed E-state index contributed by atoms with van der Waals surface area (Å²) in [7, 11) is -1.60. The monoisotopic (exact) mass is 378 g/mol. The van der Waals surface area contributed by atoms with Crippen molar-refractivity contribution >= 4 is 33.2 Å². The van der Waals surface area contributed by atoms with Gasteiger partial charge in [0.25, 0.3) is 0 Å². The number of para-hydroxylation sites is 1. The maximum atomic E-state index is 12.3. The van der Waals surface area contributed by atoms with Crippen LogP contribution in [-0.4, -0.2) is 51.4 Å². The van der Waals surface area contributed by atoms with Crippen molar-refractivity contribution in [2.75, 3.05) is 37.5 Å². The minimum absolute atomic E-state index is 0.0256. The minimum atomic E-state index is -3.34. The molecular formula is C18H22N2O3S2. The van der Waals surface area contributed by atoms with Crippen LogP contribution in [-0.2, 0) is 14.6 Å². The number of sulfone groups is 1. The number of amides is 1. The molecule has 1 N–H and O–H groups in total. The molecule has 0 atom stereocenters. The number of nitrogens with zero attached hydrogens (tertiary/aromatic N) is 1. The summed E-state index contributed by atoms with van der Waals surface area (Å²) in [6.45, 7) is 0.418. The van der Waals surface area contributed by atoms with Gasteiger partial charge >= 0.3 is 0 Å². The fourth-order valence-electron chi connectivity index (χ4n) is 2.28. The largest absolute Gasteiger partial charge is 0.324 e. The summed E-state index contributed by atoms with van der Waals surface area (Å²) in [6, 6.07) is 15.9. The van der Waals surface area contributed by atoms with Gasteiger partial charge in [-0.15, -0.1) is 11.8 Å².